The van der Waals surface area contributed by atoms with Crippen LogP contribution in [0.15, 0.2) is 10.5 Å². The van der Waals surface area contributed by atoms with Crippen molar-refractivity contribution in [2.24, 2.45) is 0 Å². The molecule has 0 aliphatic heterocycles. The van der Waals surface area contributed by atoms with Crippen LogP contribution in [-0.4, -0.2) is 17.3 Å². The molecule has 3 nitrogen and oxygen atoms in total. The smallest absolute Gasteiger partial charge is 0.281 e. The lowest BCUT2D eigenvalue weighted by Gasteiger charge is -2.08. The fourth-order valence-electron chi connectivity index (χ4n) is 0.936. The number of hydrogen-bond donors (Lipinski definition) is 0. The fraction of sp³-hybridized carbons (Fsp3) is 0.250. The van der Waals surface area contributed by atoms with Crippen molar-refractivity contribution in [3.8, 4) is 5.75 Å². The van der Waals surface area contributed by atoms with E-state index in [-0.39, 0.29) is 15.9 Å². The van der Waals surface area contributed by atoms with Crippen LogP contribution in [-0.2, 0) is 0 Å². The van der Waals surface area contributed by atoms with Gasteiger partial charge in [-0.3, -0.25) is 4.79 Å². The number of methoxy groups -OCH3 is 1. The lowest BCUT2D eigenvalue weighted by Crippen LogP contribution is -2.03. The number of hydrogen-bond acceptors (Lipinski definition) is 3. The minimum atomic E-state index is -2.79. The predicted octanol–water partition coefficient (Wildman–Crippen LogP) is 3.17. The number of aromatic nitrogens is 1. The standard InChI is InChI=1S/C8H5BrClF2NO2/c1-15-4-2-3(9)5(8(11)12)13-6(4)7(10)14/h2,8H,1H3. The van der Waals surface area contributed by atoms with Crippen LogP contribution in [0.2, 0.25) is 0 Å². The van der Waals surface area contributed by atoms with E-state index in [4.69, 9.17) is 16.3 Å². The van der Waals surface area contributed by atoms with Gasteiger partial charge in [-0.1, -0.05) is 0 Å². The molecule has 7 heteroatoms. The average molecular weight is 300 g/mol. The minimum Gasteiger partial charge on any atom is -0.494 e. The van der Waals surface area contributed by atoms with Gasteiger partial charge in [0.2, 0.25) is 0 Å². The van der Waals surface area contributed by atoms with Gasteiger partial charge in [0, 0.05) is 4.47 Å². The Hall–Kier alpha value is -0.750. The lowest BCUT2D eigenvalue weighted by atomic mass is 10.3. The van der Waals surface area contributed by atoms with Crippen LogP contribution in [0.5, 0.6) is 5.75 Å². The summed E-state index contributed by atoms with van der Waals surface area (Å²) in [6, 6.07) is 1.23. The summed E-state index contributed by atoms with van der Waals surface area (Å²) < 4.78 is 29.7. The highest BCUT2D eigenvalue weighted by molar-refractivity contribution is 9.10. The quantitative estimate of drug-likeness (QED) is 0.805. The first-order chi connectivity index (χ1) is 6.97. The molecule has 0 saturated heterocycles. The summed E-state index contributed by atoms with van der Waals surface area (Å²) in [4.78, 5) is 14.3. The van der Waals surface area contributed by atoms with Gasteiger partial charge in [0.1, 0.15) is 5.69 Å². The van der Waals surface area contributed by atoms with Crippen LogP contribution in [0.4, 0.5) is 8.78 Å². The van der Waals surface area contributed by atoms with E-state index in [0.29, 0.717) is 0 Å². The van der Waals surface area contributed by atoms with E-state index >= 15 is 0 Å². The number of alkyl halides is 2. The highest BCUT2D eigenvalue weighted by Gasteiger charge is 2.20. The second kappa shape index (κ2) is 4.85. The van der Waals surface area contributed by atoms with E-state index < -0.39 is 17.4 Å². The van der Waals surface area contributed by atoms with E-state index in [2.05, 4.69) is 20.9 Å². The van der Waals surface area contributed by atoms with E-state index in [1.54, 1.807) is 0 Å². The van der Waals surface area contributed by atoms with Gasteiger partial charge < -0.3 is 4.74 Å². The van der Waals surface area contributed by atoms with Crippen LogP contribution < -0.4 is 4.74 Å². The molecule has 0 aromatic carbocycles. The molecule has 1 rings (SSSR count). The van der Waals surface area contributed by atoms with E-state index in [0.717, 1.165) is 0 Å². The molecule has 0 aliphatic carbocycles. The largest absolute Gasteiger partial charge is 0.494 e. The first-order valence-electron chi connectivity index (χ1n) is 3.69. The Morgan fingerprint density at radius 2 is 2.27 bits per heavy atom. The minimum absolute atomic E-state index is 0.0475. The SMILES string of the molecule is COc1cc(Br)c(C(F)F)nc1C(=O)Cl. The predicted molar refractivity (Wildman–Crippen MR) is 53.6 cm³/mol. The van der Waals surface area contributed by atoms with Gasteiger partial charge in [0.05, 0.1) is 7.11 Å². The van der Waals surface area contributed by atoms with Crippen molar-refractivity contribution in [2.75, 3.05) is 7.11 Å². The van der Waals surface area contributed by atoms with Crippen LogP contribution in [0, 0.1) is 0 Å². The highest BCUT2D eigenvalue weighted by Crippen LogP contribution is 2.31. The number of nitrogens with zero attached hydrogens (tertiary/aromatic N) is 1. The molecule has 0 radical (unpaired) electrons. The van der Waals surface area contributed by atoms with Gasteiger partial charge in [0.25, 0.3) is 11.7 Å². The second-order valence-corrected chi connectivity index (χ2v) is 3.68. The molecular weight excluding hydrogens is 295 g/mol. The Balaban J connectivity index is 3.37. The van der Waals surface area contributed by atoms with Crippen LogP contribution in [0.25, 0.3) is 0 Å². The van der Waals surface area contributed by atoms with Crippen molar-refractivity contribution >= 4 is 32.8 Å². The molecule has 1 aromatic heterocycles. The van der Waals surface area contributed by atoms with Crippen LogP contribution in [0.3, 0.4) is 0 Å². The summed E-state index contributed by atoms with van der Waals surface area (Å²) in [6.45, 7) is 0. The summed E-state index contributed by atoms with van der Waals surface area (Å²) in [6.07, 6.45) is -2.79. The highest BCUT2D eigenvalue weighted by atomic mass is 79.9. The Kier molecular flexibility index (Phi) is 3.98. The normalized spacial score (nSPS) is 10.5. The molecule has 0 atom stereocenters. The number of carbonyl (C=O) groups excluding carboxylic acids is 1. The summed E-state index contributed by atoms with van der Waals surface area (Å²) >= 11 is 8.07. The topological polar surface area (TPSA) is 39.2 Å². The Morgan fingerprint density at radius 3 is 2.67 bits per heavy atom. The summed E-state index contributed by atoms with van der Waals surface area (Å²) in [5.41, 5.74) is -0.863. The van der Waals surface area contributed by atoms with Crippen molar-refractivity contribution in [2.45, 2.75) is 6.43 Å². The molecule has 0 spiro atoms. The van der Waals surface area contributed by atoms with E-state index in [9.17, 15) is 13.6 Å². The average Bonchev–Trinajstić information content (AvgIpc) is 2.16. The number of carbonyl (C=O) groups is 1. The number of ether oxygens (including phenoxy) is 1. The Labute approximate surface area is 97.5 Å². The third-order valence-corrected chi connectivity index (χ3v) is 2.40. The van der Waals surface area contributed by atoms with Crippen molar-refractivity contribution in [3.05, 3.63) is 21.9 Å². The van der Waals surface area contributed by atoms with Gasteiger partial charge in [-0.2, -0.15) is 0 Å². The van der Waals surface area contributed by atoms with Crippen molar-refractivity contribution < 1.29 is 18.3 Å². The zero-order valence-electron chi connectivity index (χ0n) is 7.43. The molecule has 1 heterocycles. The number of pyridine rings is 1. The first kappa shape index (κ1) is 12.3. The fourth-order valence-corrected chi connectivity index (χ4v) is 1.54. The van der Waals surface area contributed by atoms with Crippen molar-refractivity contribution in [1.29, 1.82) is 0 Å². The molecule has 0 amide bonds. The molecule has 0 fully saturated rings. The number of rotatable bonds is 3. The molecule has 0 bridgehead atoms. The van der Waals surface area contributed by atoms with Gasteiger partial charge in [0.15, 0.2) is 11.4 Å². The zero-order chi connectivity index (χ0) is 11.6. The van der Waals surface area contributed by atoms with Crippen LogP contribution >= 0.6 is 27.5 Å². The lowest BCUT2D eigenvalue weighted by molar-refractivity contribution is 0.107. The van der Waals surface area contributed by atoms with Crippen LogP contribution in [0.1, 0.15) is 22.6 Å². The molecule has 0 N–H and O–H groups in total. The second-order valence-electron chi connectivity index (χ2n) is 2.48. The zero-order valence-corrected chi connectivity index (χ0v) is 9.77. The van der Waals surface area contributed by atoms with E-state index in [1.807, 2.05) is 0 Å². The van der Waals surface area contributed by atoms with Gasteiger partial charge >= 0.3 is 0 Å². The molecule has 1 aromatic rings. The Bertz CT molecular complexity index is 400. The molecular formula is C8H5BrClF2NO2. The van der Waals surface area contributed by atoms with Crippen molar-refractivity contribution in [3.63, 3.8) is 0 Å². The first-order valence-corrected chi connectivity index (χ1v) is 4.87. The summed E-state index contributed by atoms with van der Waals surface area (Å²) in [5, 5.41) is -0.943. The summed E-state index contributed by atoms with van der Waals surface area (Å²) in [7, 11) is 1.29. The van der Waals surface area contributed by atoms with Gasteiger partial charge in [-0.05, 0) is 33.6 Å². The van der Waals surface area contributed by atoms with Crippen molar-refractivity contribution in [1.82, 2.24) is 4.98 Å². The van der Waals surface area contributed by atoms with Gasteiger partial charge in [-0.15, -0.1) is 0 Å². The molecule has 0 aliphatic rings. The molecule has 82 valence electrons. The maximum Gasteiger partial charge on any atom is 0.281 e. The third-order valence-electron chi connectivity index (χ3n) is 1.58. The molecule has 0 saturated carbocycles. The molecule has 15 heavy (non-hydrogen) atoms. The number of halogens is 4. The summed E-state index contributed by atoms with van der Waals surface area (Å²) in [5.74, 6) is 0.0475. The monoisotopic (exact) mass is 299 g/mol. The van der Waals surface area contributed by atoms with E-state index in [1.165, 1.54) is 13.2 Å². The Morgan fingerprint density at radius 1 is 1.67 bits per heavy atom. The maximum absolute atomic E-state index is 12.4. The van der Waals surface area contributed by atoms with Gasteiger partial charge in [-0.25, -0.2) is 13.8 Å². The third kappa shape index (κ3) is 2.63. The molecule has 0 unspecified atom stereocenters. The maximum atomic E-state index is 12.4.